The largest absolute Gasteiger partial charge is 0.381 e. The van der Waals surface area contributed by atoms with Gasteiger partial charge in [-0.3, -0.25) is 4.79 Å². The molecule has 2 aromatic rings. The van der Waals surface area contributed by atoms with Gasteiger partial charge in [0.2, 0.25) is 5.91 Å². The minimum atomic E-state index is 0.0676. The lowest BCUT2D eigenvalue weighted by Gasteiger charge is -2.41. The number of aromatic nitrogens is 2. The summed E-state index contributed by atoms with van der Waals surface area (Å²) in [6.45, 7) is 5.50. The average Bonchev–Trinajstić information content (AvgIpc) is 3.35. The van der Waals surface area contributed by atoms with Crippen LogP contribution in [0.15, 0.2) is 34.3 Å². The van der Waals surface area contributed by atoms with Crippen LogP contribution in [-0.2, 0) is 16.0 Å². The normalized spacial score (nSPS) is 22.2. The van der Waals surface area contributed by atoms with Gasteiger partial charge in [0.1, 0.15) is 10.8 Å². The molecule has 3 aliphatic heterocycles. The van der Waals surface area contributed by atoms with E-state index in [4.69, 9.17) is 16.2 Å². The predicted octanol–water partition coefficient (Wildman–Crippen LogP) is 2.06. The van der Waals surface area contributed by atoms with Gasteiger partial charge in [0, 0.05) is 48.6 Å². The highest BCUT2D eigenvalue weighted by molar-refractivity contribution is 7.99. The van der Waals surface area contributed by atoms with Gasteiger partial charge in [-0.1, -0.05) is 17.8 Å². The number of nitrogen functional groups attached to an aromatic ring is 1. The van der Waals surface area contributed by atoms with Gasteiger partial charge in [0.05, 0.1) is 19.4 Å². The van der Waals surface area contributed by atoms with Crippen LogP contribution in [0.4, 0.5) is 17.3 Å². The van der Waals surface area contributed by atoms with Crippen molar-refractivity contribution in [2.45, 2.75) is 42.1 Å². The molecule has 0 radical (unpaired) electrons. The van der Waals surface area contributed by atoms with Crippen molar-refractivity contribution in [3.8, 4) is 0 Å². The molecule has 0 aliphatic carbocycles. The maximum Gasteiger partial charge on any atom is 0.223 e. The number of carbonyl (C=O) groups is 1. The van der Waals surface area contributed by atoms with E-state index in [0.717, 1.165) is 55.4 Å². The van der Waals surface area contributed by atoms with E-state index < -0.39 is 0 Å². The van der Waals surface area contributed by atoms with Gasteiger partial charge < -0.3 is 26.0 Å². The van der Waals surface area contributed by atoms with E-state index in [0.29, 0.717) is 24.0 Å². The second-order valence-electron chi connectivity index (χ2n) is 8.67. The number of benzene rings is 1. The van der Waals surface area contributed by atoms with Crippen LogP contribution in [0.25, 0.3) is 0 Å². The molecule has 9 heteroatoms. The van der Waals surface area contributed by atoms with Crippen molar-refractivity contribution in [1.82, 2.24) is 9.97 Å². The molecule has 1 amide bonds. The fourth-order valence-corrected chi connectivity index (χ4v) is 5.85. The third-order valence-corrected chi connectivity index (χ3v) is 7.99. The summed E-state index contributed by atoms with van der Waals surface area (Å²) in [4.78, 5) is 26.3. The van der Waals surface area contributed by atoms with Crippen LogP contribution in [0.1, 0.15) is 25.3 Å². The number of ether oxygens (including phenoxy) is 1. The topological polar surface area (TPSA) is 111 Å². The Balaban J connectivity index is 1.31. The van der Waals surface area contributed by atoms with Crippen molar-refractivity contribution < 1.29 is 9.53 Å². The zero-order valence-corrected chi connectivity index (χ0v) is 18.5. The Morgan fingerprint density at radius 2 is 2.10 bits per heavy atom. The van der Waals surface area contributed by atoms with Gasteiger partial charge in [0.25, 0.3) is 0 Å². The maximum atomic E-state index is 11.9. The first-order valence-corrected chi connectivity index (χ1v) is 11.6. The second kappa shape index (κ2) is 7.96. The summed E-state index contributed by atoms with van der Waals surface area (Å²) in [7, 11) is 0. The Bertz CT molecular complexity index is 1010. The first kappa shape index (κ1) is 20.5. The third-order valence-electron chi connectivity index (χ3n) is 6.88. The molecule has 1 atom stereocenters. The van der Waals surface area contributed by atoms with E-state index in [2.05, 4.69) is 20.9 Å². The highest BCUT2D eigenvalue weighted by Crippen LogP contribution is 2.41. The molecule has 1 aromatic heterocycles. The number of nitrogens with zero attached hydrogens (tertiary/aromatic N) is 4. The molecule has 0 saturated carbocycles. The van der Waals surface area contributed by atoms with Crippen LogP contribution < -0.4 is 21.3 Å². The van der Waals surface area contributed by atoms with Crippen molar-refractivity contribution in [2.24, 2.45) is 11.1 Å². The van der Waals surface area contributed by atoms with Crippen LogP contribution in [0.2, 0.25) is 0 Å². The van der Waals surface area contributed by atoms with Crippen molar-refractivity contribution >= 4 is 35.0 Å². The minimum absolute atomic E-state index is 0.0676. The van der Waals surface area contributed by atoms with Gasteiger partial charge in [0.15, 0.2) is 5.82 Å². The summed E-state index contributed by atoms with van der Waals surface area (Å²) in [5, 5.41) is 0.693. The van der Waals surface area contributed by atoms with Gasteiger partial charge in [-0.25, -0.2) is 9.97 Å². The van der Waals surface area contributed by atoms with Crippen molar-refractivity contribution in [2.75, 3.05) is 48.4 Å². The van der Waals surface area contributed by atoms with Gasteiger partial charge in [-0.15, -0.1) is 0 Å². The van der Waals surface area contributed by atoms with Gasteiger partial charge >= 0.3 is 0 Å². The molecular weight excluding hydrogens is 412 g/mol. The first-order valence-electron chi connectivity index (χ1n) is 10.8. The summed E-state index contributed by atoms with van der Waals surface area (Å²) in [6.07, 6.45) is 4.64. The Kier molecular flexibility index (Phi) is 5.27. The summed E-state index contributed by atoms with van der Waals surface area (Å²) < 4.78 is 5.62. The molecule has 5 rings (SSSR count). The molecule has 1 spiro atoms. The lowest BCUT2D eigenvalue weighted by Crippen LogP contribution is -2.49. The fraction of sp³-hybridized carbons (Fsp3) is 0.500. The number of anilines is 3. The van der Waals surface area contributed by atoms with E-state index >= 15 is 0 Å². The van der Waals surface area contributed by atoms with E-state index in [1.807, 2.05) is 23.2 Å². The Hall–Kier alpha value is -2.36. The Morgan fingerprint density at radius 1 is 1.29 bits per heavy atom. The van der Waals surface area contributed by atoms with Crippen LogP contribution in [-0.4, -0.2) is 54.8 Å². The zero-order chi connectivity index (χ0) is 21.6. The smallest absolute Gasteiger partial charge is 0.223 e. The van der Waals surface area contributed by atoms with Crippen molar-refractivity contribution in [3.63, 3.8) is 0 Å². The number of hydrogen-bond donors (Lipinski definition) is 2. The quantitative estimate of drug-likeness (QED) is 0.746. The minimum Gasteiger partial charge on any atom is -0.381 e. The SMILES string of the molecule is CC(=O)N1CCc2c(Sc3ncc(N4CCC5(CC4)COC[C@H]5N)nc3N)cccc21. The number of fused-ring (bicyclic) bond motifs is 1. The summed E-state index contributed by atoms with van der Waals surface area (Å²) in [6, 6.07) is 6.15. The molecule has 1 aromatic carbocycles. The van der Waals surface area contributed by atoms with Crippen molar-refractivity contribution in [1.29, 1.82) is 0 Å². The number of piperidine rings is 1. The molecule has 2 saturated heterocycles. The fourth-order valence-electron chi connectivity index (χ4n) is 4.91. The molecule has 31 heavy (non-hydrogen) atoms. The van der Waals surface area contributed by atoms with Crippen LogP contribution >= 0.6 is 11.8 Å². The molecule has 164 valence electrons. The van der Waals surface area contributed by atoms with Crippen molar-refractivity contribution in [3.05, 3.63) is 30.0 Å². The summed E-state index contributed by atoms with van der Waals surface area (Å²) in [5.41, 5.74) is 14.9. The van der Waals surface area contributed by atoms with Gasteiger partial charge in [-0.2, -0.15) is 0 Å². The standard InChI is InChI=1S/C22H28N6O2S/c1-14(29)28-8-5-15-16(28)3-2-4-17(15)31-21-20(24)26-19(11-25-21)27-9-6-22(7-10-27)13-30-12-18(22)23/h2-4,11,18H,5-10,12-13,23H2,1H3,(H2,24,26)/t18-/m1/s1. The number of rotatable bonds is 3. The van der Waals surface area contributed by atoms with Crippen LogP contribution in [0.5, 0.6) is 0 Å². The molecule has 4 heterocycles. The molecule has 4 N–H and O–H groups in total. The highest BCUT2D eigenvalue weighted by Gasteiger charge is 2.44. The molecule has 0 bridgehead atoms. The lowest BCUT2D eigenvalue weighted by atomic mass is 9.75. The van der Waals surface area contributed by atoms with E-state index in [-0.39, 0.29) is 17.4 Å². The Labute approximate surface area is 186 Å². The monoisotopic (exact) mass is 440 g/mol. The number of nitrogens with two attached hydrogens (primary N) is 2. The molecule has 8 nitrogen and oxygen atoms in total. The Morgan fingerprint density at radius 3 is 2.77 bits per heavy atom. The third kappa shape index (κ3) is 3.64. The van der Waals surface area contributed by atoms with E-state index in [1.165, 1.54) is 17.3 Å². The van der Waals surface area contributed by atoms with Gasteiger partial charge in [-0.05, 0) is 37.0 Å². The average molecular weight is 441 g/mol. The zero-order valence-electron chi connectivity index (χ0n) is 17.7. The first-order chi connectivity index (χ1) is 15.0. The number of hydrogen-bond acceptors (Lipinski definition) is 8. The second-order valence-corrected chi connectivity index (χ2v) is 9.70. The maximum absolute atomic E-state index is 11.9. The lowest BCUT2D eigenvalue weighted by molar-refractivity contribution is -0.116. The van der Waals surface area contributed by atoms with Crippen LogP contribution in [0, 0.1) is 5.41 Å². The summed E-state index contributed by atoms with van der Waals surface area (Å²) >= 11 is 1.52. The number of carbonyl (C=O) groups excluding carboxylic acids is 1. The molecule has 3 aliphatic rings. The molecule has 0 unspecified atom stereocenters. The van der Waals surface area contributed by atoms with Crippen LogP contribution in [0.3, 0.4) is 0 Å². The van der Waals surface area contributed by atoms with E-state index in [9.17, 15) is 4.79 Å². The highest BCUT2D eigenvalue weighted by atomic mass is 32.2. The predicted molar refractivity (Wildman–Crippen MR) is 121 cm³/mol. The molecule has 2 fully saturated rings. The van der Waals surface area contributed by atoms with E-state index in [1.54, 1.807) is 6.92 Å². The molecular formula is C22H28N6O2S. The number of amides is 1. The summed E-state index contributed by atoms with van der Waals surface area (Å²) in [5.74, 6) is 1.31.